The zero-order valence-electron chi connectivity index (χ0n) is 13.8. The van der Waals surface area contributed by atoms with Gasteiger partial charge in [-0.25, -0.2) is 4.79 Å². The molecule has 0 aliphatic heterocycles. The second-order valence-electron chi connectivity index (χ2n) is 5.99. The SMILES string of the molecule is COC(=O)Nc1cccc(C2CC2)c1COc1ccc(C)cc1Br. The number of ether oxygens (including phenoxy) is 2. The summed E-state index contributed by atoms with van der Waals surface area (Å²) >= 11 is 3.54. The topological polar surface area (TPSA) is 47.6 Å². The summed E-state index contributed by atoms with van der Waals surface area (Å²) in [4.78, 5) is 11.6. The summed E-state index contributed by atoms with van der Waals surface area (Å²) in [6.07, 6.45) is 1.90. The third-order valence-corrected chi connectivity index (χ3v) is 4.73. The molecule has 0 aromatic heterocycles. The van der Waals surface area contributed by atoms with Crippen molar-refractivity contribution < 1.29 is 14.3 Å². The number of hydrogen-bond donors (Lipinski definition) is 1. The monoisotopic (exact) mass is 389 g/mol. The molecule has 2 aromatic rings. The molecule has 1 aliphatic carbocycles. The Morgan fingerprint density at radius 1 is 1.29 bits per heavy atom. The highest BCUT2D eigenvalue weighted by Gasteiger charge is 2.27. The van der Waals surface area contributed by atoms with Crippen LogP contribution in [0.15, 0.2) is 40.9 Å². The van der Waals surface area contributed by atoms with E-state index in [-0.39, 0.29) is 0 Å². The van der Waals surface area contributed by atoms with Gasteiger partial charge < -0.3 is 9.47 Å². The molecule has 1 amide bonds. The molecular formula is C19H20BrNO3. The third-order valence-electron chi connectivity index (χ3n) is 4.11. The van der Waals surface area contributed by atoms with Crippen molar-refractivity contribution in [2.75, 3.05) is 12.4 Å². The smallest absolute Gasteiger partial charge is 0.411 e. The number of rotatable bonds is 5. The van der Waals surface area contributed by atoms with Gasteiger partial charge in [0.25, 0.3) is 0 Å². The van der Waals surface area contributed by atoms with Crippen LogP contribution in [0.4, 0.5) is 10.5 Å². The predicted octanol–water partition coefficient (Wildman–Crippen LogP) is 5.39. The highest BCUT2D eigenvalue weighted by molar-refractivity contribution is 9.10. The van der Waals surface area contributed by atoms with E-state index in [4.69, 9.17) is 9.47 Å². The van der Waals surface area contributed by atoms with Gasteiger partial charge >= 0.3 is 6.09 Å². The van der Waals surface area contributed by atoms with Gasteiger partial charge in [-0.3, -0.25) is 5.32 Å². The average Bonchev–Trinajstić information content (AvgIpc) is 3.39. The van der Waals surface area contributed by atoms with Gasteiger partial charge in [-0.15, -0.1) is 0 Å². The molecule has 0 spiro atoms. The van der Waals surface area contributed by atoms with Crippen LogP contribution in [-0.4, -0.2) is 13.2 Å². The number of aryl methyl sites for hydroxylation is 1. The van der Waals surface area contributed by atoms with Gasteiger partial charge in [0.2, 0.25) is 0 Å². The van der Waals surface area contributed by atoms with Crippen LogP contribution < -0.4 is 10.1 Å². The minimum Gasteiger partial charge on any atom is -0.488 e. The molecular weight excluding hydrogens is 370 g/mol. The fourth-order valence-electron chi connectivity index (χ4n) is 2.69. The molecule has 0 bridgehead atoms. The van der Waals surface area contributed by atoms with E-state index in [0.29, 0.717) is 12.5 Å². The van der Waals surface area contributed by atoms with Crippen molar-refractivity contribution in [1.82, 2.24) is 0 Å². The van der Waals surface area contributed by atoms with E-state index >= 15 is 0 Å². The maximum absolute atomic E-state index is 11.6. The maximum Gasteiger partial charge on any atom is 0.411 e. The van der Waals surface area contributed by atoms with Crippen molar-refractivity contribution in [3.8, 4) is 5.75 Å². The molecule has 0 radical (unpaired) electrons. The summed E-state index contributed by atoms with van der Waals surface area (Å²) < 4.78 is 11.7. The molecule has 1 N–H and O–H groups in total. The van der Waals surface area contributed by atoms with Crippen molar-refractivity contribution in [2.45, 2.75) is 32.3 Å². The standard InChI is InChI=1S/C19H20BrNO3/c1-12-6-9-18(16(20)10-12)24-11-15-14(13-7-8-13)4-3-5-17(15)21-19(22)23-2/h3-6,9-10,13H,7-8,11H2,1-2H3,(H,21,22). The lowest BCUT2D eigenvalue weighted by molar-refractivity contribution is 0.187. The van der Waals surface area contributed by atoms with Crippen LogP contribution in [0, 0.1) is 6.92 Å². The zero-order valence-corrected chi connectivity index (χ0v) is 15.4. The van der Waals surface area contributed by atoms with Gasteiger partial charge in [-0.05, 0) is 70.9 Å². The lowest BCUT2D eigenvalue weighted by atomic mass is 10.0. The molecule has 4 nitrogen and oxygen atoms in total. The zero-order chi connectivity index (χ0) is 17.1. The van der Waals surface area contributed by atoms with E-state index in [9.17, 15) is 4.79 Å². The summed E-state index contributed by atoms with van der Waals surface area (Å²) in [5.41, 5.74) is 4.17. The van der Waals surface area contributed by atoms with Crippen molar-refractivity contribution in [3.63, 3.8) is 0 Å². The Kier molecular flexibility index (Phi) is 5.09. The van der Waals surface area contributed by atoms with E-state index in [2.05, 4.69) is 27.3 Å². The molecule has 1 fully saturated rings. The van der Waals surface area contributed by atoms with Crippen LogP contribution in [0.5, 0.6) is 5.75 Å². The Hall–Kier alpha value is -2.01. The van der Waals surface area contributed by atoms with Crippen molar-refractivity contribution in [3.05, 3.63) is 57.6 Å². The van der Waals surface area contributed by atoms with Gasteiger partial charge in [0, 0.05) is 5.56 Å². The first-order valence-electron chi connectivity index (χ1n) is 7.94. The molecule has 24 heavy (non-hydrogen) atoms. The first kappa shape index (κ1) is 16.8. The van der Waals surface area contributed by atoms with Crippen LogP contribution in [0.3, 0.4) is 0 Å². The van der Waals surface area contributed by atoms with E-state index in [1.54, 1.807) is 0 Å². The first-order chi connectivity index (χ1) is 11.6. The van der Waals surface area contributed by atoms with Gasteiger partial charge in [-0.1, -0.05) is 18.2 Å². The summed E-state index contributed by atoms with van der Waals surface area (Å²) in [5.74, 6) is 1.35. The second kappa shape index (κ2) is 7.26. The minimum absolute atomic E-state index is 0.396. The lowest BCUT2D eigenvalue weighted by Gasteiger charge is -2.16. The molecule has 2 aromatic carbocycles. The molecule has 0 unspecified atom stereocenters. The molecule has 3 rings (SSSR count). The molecule has 126 valence electrons. The van der Waals surface area contributed by atoms with Crippen LogP contribution in [0.25, 0.3) is 0 Å². The van der Waals surface area contributed by atoms with Crippen LogP contribution >= 0.6 is 15.9 Å². The Labute approximate surface area is 150 Å². The van der Waals surface area contributed by atoms with Crippen molar-refractivity contribution in [1.29, 1.82) is 0 Å². The number of hydrogen-bond acceptors (Lipinski definition) is 3. The third kappa shape index (κ3) is 3.90. The summed E-state index contributed by atoms with van der Waals surface area (Å²) in [6, 6.07) is 11.9. The quantitative estimate of drug-likeness (QED) is 0.745. The molecule has 1 saturated carbocycles. The number of halogens is 1. The van der Waals surface area contributed by atoms with Gasteiger partial charge in [-0.2, -0.15) is 0 Å². The number of methoxy groups -OCH3 is 1. The Bertz CT molecular complexity index is 756. The van der Waals surface area contributed by atoms with Crippen LogP contribution in [-0.2, 0) is 11.3 Å². The fourth-order valence-corrected chi connectivity index (χ4v) is 3.30. The van der Waals surface area contributed by atoms with Crippen molar-refractivity contribution in [2.24, 2.45) is 0 Å². The van der Waals surface area contributed by atoms with Crippen molar-refractivity contribution >= 4 is 27.7 Å². The highest BCUT2D eigenvalue weighted by Crippen LogP contribution is 2.43. The maximum atomic E-state index is 11.6. The summed E-state index contributed by atoms with van der Waals surface area (Å²) in [6.45, 7) is 2.43. The van der Waals surface area contributed by atoms with Crippen LogP contribution in [0.1, 0.15) is 35.4 Å². The van der Waals surface area contributed by atoms with E-state index in [1.807, 2.05) is 37.3 Å². The number of benzene rings is 2. The second-order valence-corrected chi connectivity index (χ2v) is 6.84. The van der Waals surface area contributed by atoms with Gasteiger partial charge in [0.1, 0.15) is 12.4 Å². The largest absolute Gasteiger partial charge is 0.488 e. The molecule has 0 atom stereocenters. The van der Waals surface area contributed by atoms with E-state index in [1.165, 1.54) is 31.1 Å². The number of carbonyl (C=O) groups is 1. The Morgan fingerprint density at radius 3 is 2.75 bits per heavy atom. The fraction of sp³-hybridized carbons (Fsp3) is 0.316. The highest BCUT2D eigenvalue weighted by atomic mass is 79.9. The average molecular weight is 390 g/mol. The van der Waals surface area contributed by atoms with E-state index in [0.717, 1.165) is 21.5 Å². The Balaban J connectivity index is 1.85. The Morgan fingerprint density at radius 2 is 2.08 bits per heavy atom. The van der Waals surface area contributed by atoms with E-state index < -0.39 is 6.09 Å². The van der Waals surface area contributed by atoms with Gasteiger partial charge in [0.05, 0.1) is 17.3 Å². The minimum atomic E-state index is -0.472. The lowest BCUT2D eigenvalue weighted by Crippen LogP contribution is -2.14. The molecule has 5 heteroatoms. The number of anilines is 1. The number of amides is 1. The number of carbonyl (C=O) groups excluding carboxylic acids is 1. The molecule has 0 heterocycles. The first-order valence-corrected chi connectivity index (χ1v) is 8.73. The van der Waals surface area contributed by atoms with Gasteiger partial charge in [0.15, 0.2) is 0 Å². The molecule has 1 aliphatic rings. The number of nitrogens with one attached hydrogen (secondary N) is 1. The summed E-state index contributed by atoms with van der Waals surface area (Å²) in [5, 5.41) is 2.79. The summed E-state index contributed by atoms with van der Waals surface area (Å²) in [7, 11) is 1.36. The normalized spacial score (nSPS) is 13.5. The predicted molar refractivity (Wildman–Crippen MR) is 97.7 cm³/mol. The molecule has 0 saturated heterocycles. The van der Waals surface area contributed by atoms with Crippen LogP contribution in [0.2, 0.25) is 0 Å².